The van der Waals surface area contributed by atoms with Crippen LogP contribution in [0.2, 0.25) is 0 Å². The molecule has 78 valence electrons. The third-order valence-corrected chi connectivity index (χ3v) is 3.33. The molecule has 1 atom stereocenters. The number of rotatable bonds is 3. The molecule has 0 bridgehead atoms. The highest BCUT2D eigenvalue weighted by Crippen LogP contribution is 2.22. The van der Waals surface area contributed by atoms with E-state index in [0.29, 0.717) is 13.0 Å². The number of aromatic nitrogens is 1. The second kappa shape index (κ2) is 3.94. The van der Waals surface area contributed by atoms with Crippen molar-refractivity contribution in [1.29, 1.82) is 0 Å². The minimum atomic E-state index is -0.884. The molecule has 1 unspecified atom stereocenters. The maximum absolute atomic E-state index is 9.80. The van der Waals surface area contributed by atoms with Gasteiger partial charge in [-0.05, 0) is 6.42 Å². The van der Waals surface area contributed by atoms with Crippen LogP contribution in [0, 0.1) is 0 Å². The Balaban J connectivity index is 1.90. The van der Waals surface area contributed by atoms with Gasteiger partial charge in [-0.25, -0.2) is 0 Å². The minimum Gasteiger partial charge on any atom is -0.393 e. The van der Waals surface area contributed by atoms with E-state index in [-0.39, 0.29) is 6.61 Å². The Morgan fingerprint density at radius 2 is 2.50 bits per heavy atom. The molecule has 14 heavy (non-hydrogen) atoms. The predicted molar refractivity (Wildman–Crippen MR) is 54.0 cm³/mol. The zero-order valence-corrected chi connectivity index (χ0v) is 8.70. The van der Waals surface area contributed by atoms with E-state index in [1.165, 1.54) is 4.88 Å². The van der Waals surface area contributed by atoms with Crippen LogP contribution in [-0.4, -0.2) is 45.4 Å². The van der Waals surface area contributed by atoms with E-state index in [2.05, 4.69) is 9.88 Å². The fourth-order valence-corrected chi connectivity index (χ4v) is 2.38. The van der Waals surface area contributed by atoms with Crippen molar-refractivity contribution in [3.8, 4) is 0 Å². The highest BCUT2D eigenvalue weighted by Gasteiger charge is 2.35. The lowest BCUT2D eigenvalue weighted by molar-refractivity contribution is -0.00574. The third-order valence-electron chi connectivity index (χ3n) is 2.57. The molecule has 1 aliphatic rings. The number of aliphatic hydroxyl groups is 2. The molecule has 1 saturated heterocycles. The van der Waals surface area contributed by atoms with Crippen molar-refractivity contribution < 1.29 is 10.2 Å². The SMILES string of the molecule is OCC1(O)CCN(Cc2cncs2)C1. The molecule has 0 radical (unpaired) electrons. The number of aliphatic hydroxyl groups excluding tert-OH is 1. The lowest BCUT2D eigenvalue weighted by Gasteiger charge is -2.20. The van der Waals surface area contributed by atoms with Crippen molar-refractivity contribution in [3.63, 3.8) is 0 Å². The van der Waals surface area contributed by atoms with E-state index >= 15 is 0 Å². The standard InChI is InChI=1S/C9H14N2O2S/c12-6-9(13)1-2-11(5-9)4-8-3-10-7-14-8/h3,7,12-13H,1-2,4-6H2. The van der Waals surface area contributed by atoms with Gasteiger partial charge in [0, 0.05) is 30.7 Å². The molecule has 1 fully saturated rings. The molecular formula is C9H14N2O2S. The molecular weight excluding hydrogens is 200 g/mol. The summed E-state index contributed by atoms with van der Waals surface area (Å²) in [5.74, 6) is 0. The summed E-state index contributed by atoms with van der Waals surface area (Å²) in [6.07, 6.45) is 2.50. The Morgan fingerprint density at radius 3 is 3.07 bits per heavy atom. The summed E-state index contributed by atoms with van der Waals surface area (Å²) in [5, 5.41) is 18.8. The first kappa shape index (κ1) is 10.0. The molecule has 0 spiro atoms. The van der Waals surface area contributed by atoms with Crippen LogP contribution in [0.15, 0.2) is 11.7 Å². The molecule has 2 heterocycles. The number of likely N-dealkylation sites (tertiary alicyclic amines) is 1. The van der Waals surface area contributed by atoms with E-state index < -0.39 is 5.60 Å². The Kier molecular flexibility index (Phi) is 2.83. The molecule has 4 nitrogen and oxygen atoms in total. The van der Waals surface area contributed by atoms with E-state index in [4.69, 9.17) is 5.11 Å². The Bertz CT molecular complexity index is 291. The van der Waals surface area contributed by atoms with Gasteiger partial charge in [0.15, 0.2) is 0 Å². The van der Waals surface area contributed by atoms with Gasteiger partial charge in [0.25, 0.3) is 0 Å². The number of thiazole rings is 1. The van der Waals surface area contributed by atoms with E-state index in [1.54, 1.807) is 11.3 Å². The minimum absolute atomic E-state index is 0.147. The number of hydrogen-bond acceptors (Lipinski definition) is 5. The van der Waals surface area contributed by atoms with Crippen molar-refractivity contribution in [3.05, 3.63) is 16.6 Å². The smallest absolute Gasteiger partial charge is 0.102 e. The van der Waals surface area contributed by atoms with Gasteiger partial charge in [-0.1, -0.05) is 0 Å². The molecule has 5 heteroatoms. The topological polar surface area (TPSA) is 56.6 Å². The number of nitrogens with zero attached hydrogens (tertiary/aromatic N) is 2. The lowest BCUT2D eigenvalue weighted by atomic mass is 10.1. The largest absolute Gasteiger partial charge is 0.393 e. The van der Waals surface area contributed by atoms with E-state index in [0.717, 1.165) is 13.1 Å². The first-order valence-corrected chi connectivity index (χ1v) is 5.53. The van der Waals surface area contributed by atoms with Crippen LogP contribution in [0.4, 0.5) is 0 Å². The van der Waals surface area contributed by atoms with E-state index in [1.807, 2.05) is 11.7 Å². The van der Waals surface area contributed by atoms with Gasteiger partial charge in [0.1, 0.15) is 5.60 Å². The summed E-state index contributed by atoms with van der Waals surface area (Å²) in [4.78, 5) is 7.34. The molecule has 2 rings (SSSR count). The van der Waals surface area contributed by atoms with Crippen LogP contribution in [0.3, 0.4) is 0 Å². The molecule has 1 aromatic heterocycles. The van der Waals surface area contributed by atoms with Crippen LogP contribution in [0.25, 0.3) is 0 Å². The predicted octanol–water partition coefficient (Wildman–Crippen LogP) is 0.0722. The fraction of sp³-hybridized carbons (Fsp3) is 0.667. The first-order chi connectivity index (χ1) is 6.72. The third kappa shape index (κ3) is 2.12. The summed E-state index contributed by atoms with van der Waals surface area (Å²) in [6.45, 7) is 2.08. The highest BCUT2D eigenvalue weighted by molar-refractivity contribution is 7.09. The maximum atomic E-state index is 9.80. The monoisotopic (exact) mass is 214 g/mol. The second-order valence-corrected chi connectivity index (χ2v) is 4.78. The Labute approximate surface area is 86.8 Å². The summed E-state index contributed by atoms with van der Waals surface area (Å²) < 4.78 is 0. The lowest BCUT2D eigenvalue weighted by Crippen LogP contribution is -2.36. The molecule has 0 aromatic carbocycles. The fourth-order valence-electron chi connectivity index (χ4n) is 1.75. The van der Waals surface area contributed by atoms with Crippen LogP contribution in [-0.2, 0) is 6.54 Å². The van der Waals surface area contributed by atoms with Gasteiger partial charge < -0.3 is 10.2 Å². The van der Waals surface area contributed by atoms with Crippen LogP contribution in [0.1, 0.15) is 11.3 Å². The van der Waals surface area contributed by atoms with Gasteiger partial charge in [0.05, 0.1) is 12.1 Å². The maximum Gasteiger partial charge on any atom is 0.102 e. The van der Waals surface area contributed by atoms with Crippen molar-refractivity contribution in [1.82, 2.24) is 9.88 Å². The zero-order valence-electron chi connectivity index (χ0n) is 7.89. The molecule has 0 saturated carbocycles. The van der Waals surface area contributed by atoms with Crippen molar-refractivity contribution >= 4 is 11.3 Å². The summed E-state index contributed by atoms with van der Waals surface area (Å²) in [5.41, 5.74) is 0.925. The van der Waals surface area contributed by atoms with Crippen molar-refractivity contribution in [2.24, 2.45) is 0 Å². The van der Waals surface area contributed by atoms with E-state index in [9.17, 15) is 5.11 Å². The molecule has 0 amide bonds. The molecule has 2 N–H and O–H groups in total. The van der Waals surface area contributed by atoms with Crippen LogP contribution >= 0.6 is 11.3 Å². The van der Waals surface area contributed by atoms with Crippen molar-refractivity contribution in [2.75, 3.05) is 19.7 Å². The van der Waals surface area contributed by atoms with Crippen LogP contribution < -0.4 is 0 Å². The number of β-amino-alcohol motifs (C(OH)–C–C–N with tert-alkyl or cyclic N) is 1. The summed E-state index contributed by atoms with van der Waals surface area (Å²) >= 11 is 1.62. The Morgan fingerprint density at radius 1 is 1.64 bits per heavy atom. The average Bonchev–Trinajstić information content (AvgIpc) is 2.78. The van der Waals surface area contributed by atoms with Gasteiger partial charge >= 0.3 is 0 Å². The van der Waals surface area contributed by atoms with Gasteiger partial charge in [-0.15, -0.1) is 11.3 Å². The quantitative estimate of drug-likeness (QED) is 0.748. The highest BCUT2D eigenvalue weighted by atomic mass is 32.1. The molecule has 1 aliphatic heterocycles. The zero-order chi connectivity index (χ0) is 10.0. The van der Waals surface area contributed by atoms with Crippen LogP contribution in [0.5, 0.6) is 0 Å². The summed E-state index contributed by atoms with van der Waals surface area (Å²) in [7, 11) is 0. The number of hydrogen-bond donors (Lipinski definition) is 2. The van der Waals surface area contributed by atoms with Gasteiger partial charge in [-0.2, -0.15) is 0 Å². The average molecular weight is 214 g/mol. The normalized spacial score (nSPS) is 28.4. The summed E-state index contributed by atoms with van der Waals surface area (Å²) in [6, 6.07) is 0. The molecule has 1 aromatic rings. The van der Waals surface area contributed by atoms with Crippen molar-refractivity contribution in [2.45, 2.75) is 18.6 Å². The molecule has 0 aliphatic carbocycles. The first-order valence-electron chi connectivity index (χ1n) is 4.65. The van der Waals surface area contributed by atoms with Gasteiger partial charge in [0.2, 0.25) is 0 Å². The second-order valence-electron chi connectivity index (χ2n) is 3.81. The Hall–Kier alpha value is -0.490. The van der Waals surface area contributed by atoms with Gasteiger partial charge in [-0.3, -0.25) is 9.88 Å².